The first kappa shape index (κ1) is 17.3. The summed E-state index contributed by atoms with van der Waals surface area (Å²) in [6.45, 7) is 0. The van der Waals surface area contributed by atoms with Crippen molar-refractivity contribution in [1.82, 2.24) is 0 Å². The molecule has 2 aromatic rings. The zero-order chi connectivity index (χ0) is 16.4. The average molecular weight is 425 g/mol. The van der Waals surface area contributed by atoms with Gasteiger partial charge in [-0.15, -0.1) is 11.6 Å². The van der Waals surface area contributed by atoms with Gasteiger partial charge in [-0.2, -0.15) is 0 Å². The molecule has 2 aromatic carbocycles. The van der Waals surface area contributed by atoms with Gasteiger partial charge < -0.3 is 0 Å². The molecule has 0 aromatic heterocycles. The number of benzene rings is 2. The number of nitrogens with one attached hydrogen (secondary N) is 1. The number of halogens is 2. The molecule has 0 saturated carbocycles. The maximum Gasteiger partial charge on any atom is 0.246 e. The summed E-state index contributed by atoms with van der Waals surface area (Å²) in [6.07, 6.45) is 0. The van der Waals surface area contributed by atoms with Crippen LogP contribution in [0.2, 0.25) is 0 Å². The number of sulfonamides is 1. The van der Waals surface area contributed by atoms with Crippen LogP contribution in [0.1, 0.15) is 0 Å². The quantitative estimate of drug-likeness (QED) is 0.747. The van der Waals surface area contributed by atoms with Crippen LogP contribution in [0, 0.1) is 0 Å². The van der Waals surface area contributed by atoms with Gasteiger partial charge in [0.15, 0.2) is 0 Å². The standard InChI is InChI=1S/C13H11BrClNO4S2/c14-12-8-11(6-7-13(12)16-21(17,18)9-15)22(19,20)10-4-2-1-3-5-10/h1-8,16H,9H2. The summed E-state index contributed by atoms with van der Waals surface area (Å²) in [5, 5.41) is -0.594. The SMILES string of the molecule is O=S(=O)(CCl)Nc1ccc(S(=O)(=O)c2ccccc2)cc1Br. The second-order valence-corrected chi connectivity index (χ2v) is 9.39. The van der Waals surface area contributed by atoms with Gasteiger partial charge >= 0.3 is 0 Å². The van der Waals surface area contributed by atoms with E-state index in [-0.39, 0.29) is 15.5 Å². The minimum absolute atomic E-state index is 0.0550. The maximum absolute atomic E-state index is 12.5. The number of anilines is 1. The molecular formula is C13H11BrClNO4S2. The lowest BCUT2D eigenvalue weighted by atomic mass is 10.3. The van der Waals surface area contributed by atoms with Gasteiger partial charge in [0, 0.05) is 4.47 Å². The molecule has 0 heterocycles. The fraction of sp³-hybridized carbons (Fsp3) is 0.0769. The Hall–Kier alpha value is -1.09. The van der Waals surface area contributed by atoms with Gasteiger partial charge in [0.25, 0.3) is 0 Å². The highest BCUT2D eigenvalue weighted by molar-refractivity contribution is 9.10. The predicted octanol–water partition coefficient (Wildman–Crippen LogP) is 3.22. The van der Waals surface area contributed by atoms with Gasteiger partial charge in [0.05, 0.1) is 15.5 Å². The van der Waals surface area contributed by atoms with Crippen molar-refractivity contribution >= 4 is 53.1 Å². The third kappa shape index (κ3) is 3.81. The Morgan fingerprint density at radius 3 is 2.14 bits per heavy atom. The molecule has 0 saturated heterocycles. The van der Waals surface area contributed by atoms with Crippen molar-refractivity contribution in [3.8, 4) is 0 Å². The first-order chi connectivity index (χ1) is 10.3. The summed E-state index contributed by atoms with van der Waals surface area (Å²) in [5.41, 5.74) is 0.215. The topological polar surface area (TPSA) is 80.3 Å². The number of sulfone groups is 1. The zero-order valence-corrected chi connectivity index (χ0v) is 15.0. The van der Waals surface area contributed by atoms with Crippen LogP contribution >= 0.6 is 27.5 Å². The minimum atomic E-state index is -3.66. The molecule has 0 unspecified atom stereocenters. The zero-order valence-electron chi connectivity index (χ0n) is 11.0. The van der Waals surface area contributed by atoms with E-state index in [2.05, 4.69) is 20.7 Å². The molecule has 0 bridgehead atoms. The van der Waals surface area contributed by atoms with Crippen LogP contribution in [0.3, 0.4) is 0 Å². The molecule has 2 rings (SSSR count). The Bertz CT molecular complexity index is 884. The molecule has 5 nitrogen and oxygen atoms in total. The van der Waals surface area contributed by atoms with Gasteiger partial charge in [0.2, 0.25) is 19.9 Å². The maximum atomic E-state index is 12.5. The monoisotopic (exact) mass is 423 g/mol. The van der Waals surface area contributed by atoms with Gasteiger partial charge in [-0.25, -0.2) is 16.8 Å². The van der Waals surface area contributed by atoms with Crippen molar-refractivity contribution in [2.24, 2.45) is 0 Å². The minimum Gasteiger partial charge on any atom is -0.281 e. The smallest absolute Gasteiger partial charge is 0.246 e. The largest absolute Gasteiger partial charge is 0.281 e. The summed E-state index contributed by atoms with van der Waals surface area (Å²) in [5.74, 6) is 0. The van der Waals surface area contributed by atoms with E-state index in [1.807, 2.05) is 0 Å². The molecular weight excluding hydrogens is 414 g/mol. The first-order valence-corrected chi connectivity index (χ1v) is 10.4. The Labute approximate surface area is 142 Å². The lowest BCUT2D eigenvalue weighted by Gasteiger charge is -2.10. The van der Waals surface area contributed by atoms with Gasteiger partial charge in [-0.05, 0) is 46.3 Å². The third-order valence-corrected chi connectivity index (χ3v) is 6.82. The lowest BCUT2D eigenvalue weighted by molar-refractivity contribution is 0.596. The fourth-order valence-corrected chi connectivity index (χ4v) is 4.48. The van der Waals surface area contributed by atoms with Crippen LogP contribution in [0.5, 0.6) is 0 Å². The average Bonchev–Trinajstić information content (AvgIpc) is 2.50. The Kier molecular flexibility index (Phi) is 5.16. The predicted molar refractivity (Wildman–Crippen MR) is 89.3 cm³/mol. The highest BCUT2D eigenvalue weighted by Gasteiger charge is 2.19. The summed E-state index contributed by atoms with van der Waals surface area (Å²) < 4.78 is 50.4. The van der Waals surface area contributed by atoms with Crippen LogP contribution in [0.15, 0.2) is 62.8 Å². The number of rotatable bonds is 5. The van der Waals surface area contributed by atoms with E-state index in [4.69, 9.17) is 11.6 Å². The second kappa shape index (κ2) is 6.57. The molecule has 118 valence electrons. The Morgan fingerprint density at radius 1 is 0.955 bits per heavy atom. The summed E-state index contributed by atoms with van der Waals surface area (Å²) in [6, 6.07) is 12.0. The van der Waals surface area contributed by atoms with Gasteiger partial charge in [-0.3, -0.25) is 4.72 Å². The van der Waals surface area contributed by atoms with E-state index < -0.39 is 25.1 Å². The molecule has 0 fully saturated rings. The van der Waals surface area contributed by atoms with Crippen LogP contribution in [0.4, 0.5) is 5.69 Å². The van der Waals surface area contributed by atoms with Gasteiger partial charge in [0.1, 0.15) is 5.21 Å². The highest BCUT2D eigenvalue weighted by Crippen LogP contribution is 2.29. The van der Waals surface area contributed by atoms with Gasteiger partial charge in [-0.1, -0.05) is 18.2 Å². The van der Waals surface area contributed by atoms with E-state index in [9.17, 15) is 16.8 Å². The number of hydrogen-bond donors (Lipinski definition) is 1. The molecule has 0 spiro atoms. The van der Waals surface area contributed by atoms with Crippen molar-refractivity contribution in [3.63, 3.8) is 0 Å². The molecule has 0 aliphatic heterocycles. The molecule has 1 N–H and O–H groups in total. The number of hydrogen-bond acceptors (Lipinski definition) is 4. The van der Waals surface area contributed by atoms with E-state index in [0.717, 1.165) is 0 Å². The molecule has 22 heavy (non-hydrogen) atoms. The molecule has 0 aliphatic rings. The Balaban J connectivity index is 2.42. The second-order valence-electron chi connectivity index (χ2n) is 4.28. The van der Waals surface area contributed by atoms with Crippen LogP contribution in [-0.4, -0.2) is 22.0 Å². The van der Waals surface area contributed by atoms with E-state index in [0.29, 0.717) is 4.47 Å². The van der Waals surface area contributed by atoms with E-state index >= 15 is 0 Å². The molecule has 0 amide bonds. The number of alkyl halides is 1. The van der Waals surface area contributed by atoms with Crippen molar-refractivity contribution in [2.45, 2.75) is 9.79 Å². The van der Waals surface area contributed by atoms with Crippen molar-refractivity contribution < 1.29 is 16.8 Å². The summed E-state index contributed by atoms with van der Waals surface area (Å²) in [7, 11) is -7.32. The van der Waals surface area contributed by atoms with Crippen LogP contribution < -0.4 is 4.72 Å². The summed E-state index contributed by atoms with van der Waals surface area (Å²) >= 11 is 8.48. The molecule has 0 atom stereocenters. The van der Waals surface area contributed by atoms with Crippen molar-refractivity contribution in [2.75, 3.05) is 9.93 Å². The van der Waals surface area contributed by atoms with Crippen molar-refractivity contribution in [3.05, 3.63) is 53.0 Å². The molecule has 9 heteroatoms. The fourth-order valence-electron chi connectivity index (χ4n) is 1.68. The lowest BCUT2D eigenvalue weighted by Crippen LogP contribution is -2.14. The normalized spacial score (nSPS) is 12.1. The van der Waals surface area contributed by atoms with Crippen molar-refractivity contribution in [1.29, 1.82) is 0 Å². The Morgan fingerprint density at radius 2 is 1.59 bits per heavy atom. The van der Waals surface area contributed by atoms with Crippen LogP contribution in [0.25, 0.3) is 0 Å². The highest BCUT2D eigenvalue weighted by atomic mass is 79.9. The third-order valence-electron chi connectivity index (χ3n) is 2.71. The first-order valence-electron chi connectivity index (χ1n) is 5.92. The van der Waals surface area contributed by atoms with Crippen LogP contribution in [-0.2, 0) is 19.9 Å². The molecule has 0 aliphatic carbocycles. The van der Waals surface area contributed by atoms with E-state index in [1.165, 1.54) is 30.3 Å². The molecule has 0 radical (unpaired) electrons. The summed E-state index contributed by atoms with van der Waals surface area (Å²) in [4.78, 5) is 0.218. The van der Waals surface area contributed by atoms with E-state index in [1.54, 1.807) is 18.2 Å².